The Balaban J connectivity index is 1.77. The maximum absolute atomic E-state index is 12.4. The van der Waals surface area contributed by atoms with Gasteiger partial charge in [0.05, 0.1) is 6.04 Å². The van der Waals surface area contributed by atoms with E-state index in [1.165, 1.54) is 11.1 Å². The molecule has 26 heavy (non-hydrogen) atoms. The van der Waals surface area contributed by atoms with Crippen LogP contribution < -0.4 is 0 Å². The zero-order chi connectivity index (χ0) is 18.5. The molecule has 0 saturated carbocycles. The van der Waals surface area contributed by atoms with Crippen LogP contribution in [0, 0.1) is 5.92 Å². The average Bonchev–Trinajstić information content (AvgIpc) is 2.64. The van der Waals surface area contributed by atoms with E-state index in [9.17, 15) is 4.79 Å². The molecule has 0 bridgehead atoms. The summed E-state index contributed by atoms with van der Waals surface area (Å²) < 4.78 is 0. The van der Waals surface area contributed by atoms with E-state index in [1.807, 2.05) is 23.1 Å². The lowest BCUT2D eigenvalue weighted by Crippen LogP contribution is -2.50. The number of benzene rings is 2. The van der Waals surface area contributed by atoms with Crippen LogP contribution in [0.4, 0.5) is 0 Å². The minimum Gasteiger partial charge on any atom is -0.340 e. The average molecular weight is 371 g/mol. The molecule has 3 rings (SSSR count). The maximum atomic E-state index is 12.4. The number of piperazine rings is 1. The molecule has 0 radical (unpaired) electrons. The summed E-state index contributed by atoms with van der Waals surface area (Å²) in [7, 11) is 0. The highest BCUT2D eigenvalue weighted by molar-refractivity contribution is 6.30. The summed E-state index contributed by atoms with van der Waals surface area (Å²) >= 11 is 6.09. The van der Waals surface area contributed by atoms with E-state index in [0.29, 0.717) is 12.3 Å². The Morgan fingerprint density at radius 3 is 2.08 bits per heavy atom. The van der Waals surface area contributed by atoms with Gasteiger partial charge in [0.1, 0.15) is 0 Å². The highest BCUT2D eigenvalue weighted by Gasteiger charge is 2.28. The summed E-state index contributed by atoms with van der Waals surface area (Å²) in [5.74, 6) is 0.689. The molecule has 1 aliphatic rings. The van der Waals surface area contributed by atoms with E-state index < -0.39 is 0 Å². The molecule has 1 aliphatic heterocycles. The molecule has 1 amide bonds. The third-order valence-electron chi connectivity index (χ3n) is 4.92. The molecular weight excluding hydrogens is 344 g/mol. The molecule has 0 aromatic heterocycles. The molecule has 0 aliphatic carbocycles. The predicted octanol–water partition coefficient (Wildman–Crippen LogP) is 4.62. The van der Waals surface area contributed by atoms with Gasteiger partial charge in [-0.05, 0) is 29.2 Å². The van der Waals surface area contributed by atoms with Crippen molar-refractivity contribution >= 4 is 17.5 Å². The van der Waals surface area contributed by atoms with Crippen LogP contribution in [0.5, 0.6) is 0 Å². The van der Waals surface area contributed by atoms with Gasteiger partial charge in [-0.3, -0.25) is 9.69 Å². The van der Waals surface area contributed by atoms with E-state index in [2.05, 4.69) is 55.1 Å². The van der Waals surface area contributed by atoms with Crippen LogP contribution in [-0.4, -0.2) is 41.9 Å². The van der Waals surface area contributed by atoms with Crippen molar-refractivity contribution in [1.82, 2.24) is 9.80 Å². The van der Waals surface area contributed by atoms with Crippen molar-refractivity contribution in [3.63, 3.8) is 0 Å². The van der Waals surface area contributed by atoms with Crippen molar-refractivity contribution in [2.75, 3.05) is 26.2 Å². The van der Waals surface area contributed by atoms with Gasteiger partial charge in [0, 0.05) is 37.6 Å². The van der Waals surface area contributed by atoms with Gasteiger partial charge in [0.2, 0.25) is 5.91 Å². The number of amides is 1. The standard InChI is InChI=1S/C22H27ClN2O/c1-17(2)16-21(26)24-12-14-25(15-13-24)22(18-6-4-3-5-7-18)19-8-10-20(23)11-9-19/h3-11,17,22H,12-16H2,1-2H3/t22-/m1/s1. The van der Waals surface area contributed by atoms with Gasteiger partial charge < -0.3 is 4.90 Å². The topological polar surface area (TPSA) is 23.6 Å². The van der Waals surface area contributed by atoms with Gasteiger partial charge in [-0.2, -0.15) is 0 Å². The Morgan fingerprint density at radius 2 is 1.50 bits per heavy atom. The summed E-state index contributed by atoms with van der Waals surface area (Å²) in [6.07, 6.45) is 0.638. The first-order chi connectivity index (χ1) is 12.5. The first-order valence-electron chi connectivity index (χ1n) is 9.37. The Kier molecular flexibility index (Phi) is 6.33. The van der Waals surface area contributed by atoms with Crippen molar-refractivity contribution in [1.29, 1.82) is 0 Å². The number of carbonyl (C=O) groups excluding carboxylic acids is 1. The molecule has 0 N–H and O–H groups in total. The van der Waals surface area contributed by atoms with Crippen molar-refractivity contribution in [2.45, 2.75) is 26.3 Å². The van der Waals surface area contributed by atoms with Gasteiger partial charge in [0.25, 0.3) is 0 Å². The predicted molar refractivity (Wildman–Crippen MR) is 107 cm³/mol. The first kappa shape index (κ1) is 18.9. The molecule has 2 aromatic rings. The van der Waals surface area contributed by atoms with Gasteiger partial charge in [-0.15, -0.1) is 0 Å². The normalized spacial score (nSPS) is 16.7. The van der Waals surface area contributed by atoms with E-state index in [0.717, 1.165) is 31.2 Å². The van der Waals surface area contributed by atoms with Gasteiger partial charge in [0.15, 0.2) is 0 Å². The molecule has 2 aromatic carbocycles. The SMILES string of the molecule is CC(C)CC(=O)N1CCN([C@H](c2ccccc2)c2ccc(Cl)cc2)CC1. The lowest BCUT2D eigenvalue weighted by molar-refractivity contribution is -0.133. The van der Waals surface area contributed by atoms with Crippen molar-refractivity contribution < 1.29 is 4.79 Å². The summed E-state index contributed by atoms with van der Waals surface area (Å²) in [6, 6.07) is 18.9. The minimum absolute atomic E-state index is 0.191. The molecule has 1 heterocycles. The maximum Gasteiger partial charge on any atom is 0.222 e. The first-order valence-corrected chi connectivity index (χ1v) is 9.74. The number of hydrogen-bond donors (Lipinski definition) is 0. The zero-order valence-corrected chi connectivity index (χ0v) is 16.3. The van der Waals surface area contributed by atoms with E-state index >= 15 is 0 Å². The van der Waals surface area contributed by atoms with Crippen LogP contribution in [0.3, 0.4) is 0 Å². The third kappa shape index (κ3) is 4.66. The molecular formula is C22H27ClN2O. The highest BCUT2D eigenvalue weighted by Crippen LogP contribution is 2.30. The lowest BCUT2D eigenvalue weighted by atomic mass is 9.96. The second-order valence-corrected chi connectivity index (χ2v) is 7.82. The van der Waals surface area contributed by atoms with Crippen LogP contribution in [0.1, 0.15) is 37.4 Å². The van der Waals surface area contributed by atoms with Gasteiger partial charge in [-0.1, -0.05) is 67.9 Å². The Labute approximate surface area is 161 Å². The largest absolute Gasteiger partial charge is 0.340 e. The fourth-order valence-electron chi connectivity index (χ4n) is 3.60. The minimum atomic E-state index is 0.191. The van der Waals surface area contributed by atoms with Crippen LogP contribution in [0.15, 0.2) is 54.6 Å². The van der Waals surface area contributed by atoms with E-state index in [-0.39, 0.29) is 11.9 Å². The summed E-state index contributed by atoms with van der Waals surface area (Å²) in [4.78, 5) is 16.8. The Hall–Kier alpha value is -1.84. The smallest absolute Gasteiger partial charge is 0.222 e. The van der Waals surface area contributed by atoms with Crippen LogP contribution in [-0.2, 0) is 4.79 Å². The molecule has 138 valence electrons. The number of carbonyl (C=O) groups is 1. The second kappa shape index (κ2) is 8.70. The Morgan fingerprint density at radius 1 is 0.923 bits per heavy atom. The molecule has 4 heteroatoms. The lowest BCUT2D eigenvalue weighted by Gasteiger charge is -2.40. The third-order valence-corrected chi connectivity index (χ3v) is 5.17. The van der Waals surface area contributed by atoms with Crippen LogP contribution >= 0.6 is 11.6 Å². The zero-order valence-electron chi connectivity index (χ0n) is 15.6. The van der Waals surface area contributed by atoms with Gasteiger partial charge >= 0.3 is 0 Å². The second-order valence-electron chi connectivity index (χ2n) is 7.38. The highest BCUT2D eigenvalue weighted by atomic mass is 35.5. The fourth-order valence-corrected chi connectivity index (χ4v) is 3.73. The summed E-state index contributed by atoms with van der Waals surface area (Å²) in [5.41, 5.74) is 2.51. The van der Waals surface area contributed by atoms with E-state index in [1.54, 1.807) is 0 Å². The number of rotatable bonds is 5. The molecule has 3 nitrogen and oxygen atoms in total. The molecule has 1 fully saturated rings. The molecule has 1 atom stereocenters. The number of halogens is 1. The molecule has 0 unspecified atom stereocenters. The Bertz CT molecular complexity index is 707. The van der Waals surface area contributed by atoms with Crippen molar-refractivity contribution in [3.8, 4) is 0 Å². The number of nitrogens with zero attached hydrogens (tertiary/aromatic N) is 2. The number of hydrogen-bond acceptors (Lipinski definition) is 2. The molecule has 1 saturated heterocycles. The van der Waals surface area contributed by atoms with Crippen LogP contribution in [0.2, 0.25) is 5.02 Å². The fraction of sp³-hybridized carbons (Fsp3) is 0.409. The quantitative estimate of drug-likeness (QED) is 0.766. The van der Waals surface area contributed by atoms with Gasteiger partial charge in [-0.25, -0.2) is 0 Å². The summed E-state index contributed by atoms with van der Waals surface area (Å²) in [5, 5.41) is 0.754. The van der Waals surface area contributed by atoms with Crippen molar-refractivity contribution in [2.24, 2.45) is 5.92 Å². The van der Waals surface area contributed by atoms with Crippen LogP contribution in [0.25, 0.3) is 0 Å². The molecule has 0 spiro atoms. The van der Waals surface area contributed by atoms with E-state index in [4.69, 9.17) is 11.6 Å². The monoisotopic (exact) mass is 370 g/mol. The summed E-state index contributed by atoms with van der Waals surface area (Å²) in [6.45, 7) is 7.54. The van der Waals surface area contributed by atoms with Crippen molar-refractivity contribution in [3.05, 3.63) is 70.7 Å².